The quantitative estimate of drug-likeness (QED) is 0.780. The third-order valence-corrected chi connectivity index (χ3v) is 6.38. The van der Waals surface area contributed by atoms with Gasteiger partial charge < -0.3 is 15.2 Å². The number of aromatic amines is 1. The monoisotopic (exact) mass is 428 g/mol. The summed E-state index contributed by atoms with van der Waals surface area (Å²) in [6.07, 6.45) is 3.90. The number of ketones is 1. The number of H-pyrrole nitrogens is 1. The van der Waals surface area contributed by atoms with Gasteiger partial charge in [-0.15, -0.1) is 11.3 Å². The van der Waals surface area contributed by atoms with E-state index in [1.165, 1.54) is 22.3 Å². The SMILES string of the molecule is CC1(C)CC(=O)c2cc(C(=O)N3CCCC(C(=O)Nc4nccs4)C3)c(=O)[nH]c2C1. The van der Waals surface area contributed by atoms with E-state index >= 15 is 0 Å². The predicted molar refractivity (Wildman–Crippen MR) is 113 cm³/mol. The van der Waals surface area contributed by atoms with Crippen molar-refractivity contribution in [3.63, 3.8) is 0 Å². The van der Waals surface area contributed by atoms with Crippen LogP contribution in [0.2, 0.25) is 0 Å². The molecule has 30 heavy (non-hydrogen) atoms. The number of hydrogen-bond acceptors (Lipinski definition) is 6. The van der Waals surface area contributed by atoms with E-state index in [4.69, 9.17) is 0 Å². The molecule has 0 saturated carbocycles. The van der Waals surface area contributed by atoms with E-state index in [-0.39, 0.29) is 35.1 Å². The van der Waals surface area contributed by atoms with Crippen LogP contribution in [0.15, 0.2) is 22.4 Å². The Morgan fingerprint density at radius 2 is 2.10 bits per heavy atom. The Kier molecular flexibility index (Phi) is 5.31. The number of piperidine rings is 1. The first-order chi connectivity index (χ1) is 14.2. The van der Waals surface area contributed by atoms with E-state index in [1.54, 1.807) is 11.6 Å². The Hall–Kier alpha value is -2.81. The second kappa shape index (κ2) is 7.79. The van der Waals surface area contributed by atoms with E-state index < -0.39 is 11.5 Å². The molecule has 2 aliphatic rings. The normalized spacial score (nSPS) is 20.5. The number of pyridine rings is 1. The summed E-state index contributed by atoms with van der Waals surface area (Å²) in [5.41, 5.74) is 0.273. The van der Waals surface area contributed by atoms with Crippen LogP contribution in [-0.2, 0) is 11.2 Å². The molecule has 1 aliphatic carbocycles. The summed E-state index contributed by atoms with van der Waals surface area (Å²) in [6.45, 7) is 4.66. The van der Waals surface area contributed by atoms with Crippen molar-refractivity contribution in [2.45, 2.75) is 39.5 Å². The molecule has 1 atom stereocenters. The lowest BCUT2D eigenvalue weighted by atomic mass is 9.75. The average molecular weight is 429 g/mol. The molecule has 0 spiro atoms. The lowest BCUT2D eigenvalue weighted by molar-refractivity contribution is -0.121. The van der Waals surface area contributed by atoms with Crippen LogP contribution in [0.4, 0.5) is 5.13 Å². The Bertz CT molecular complexity index is 1060. The minimum absolute atomic E-state index is 0.0391. The van der Waals surface area contributed by atoms with Crippen molar-refractivity contribution in [1.29, 1.82) is 0 Å². The Balaban J connectivity index is 1.53. The lowest BCUT2D eigenvalue weighted by Gasteiger charge is -2.32. The second-order valence-corrected chi connectivity index (χ2v) is 9.66. The summed E-state index contributed by atoms with van der Waals surface area (Å²) in [5.74, 6) is -1.06. The van der Waals surface area contributed by atoms with Gasteiger partial charge in [-0.3, -0.25) is 19.2 Å². The maximum absolute atomic E-state index is 13.1. The van der Waals surface area contributed by atoms with E-state index in [9.17, 15) is 19.2 Å². The smallest absolute Gasteiger partial charge is 0.261 e. The minimum atomic E-state index is -0.487. The highest BCUT2D eigenvalue weighted by Gasteiger charge is 2.34. The number of thiazole rings is 1. The van der Waals surface area contributed by atoms with Gasteiger partial charge in [-0.05, 0) is 30.7 Å². The maximum Gasteiger partial charge on any atom is 0.261 e. The zero-order valence-corrected chi connectivity index (χ0v) is 17.8. The second-order valence-electron chi connectivity index (χ2n) is 8.76. The van der Waals surface area contributed by atoms with Crippen LogP contribution in [0, 0.1) is 11.3 Å². The molecule has 8 nitrogen and oxygen atoms in total. The standard InChI is InChI=1S/C21H24N4O4S/c1-21(2)9-15-13(16(26)10-21)8-14(18(28)23-15)19(29)25-6-3-4-12(11-25)17(27)24-20-22-5-7-30-20/h5,7-8,12H,3-4,6,9-11H2,1-2H3,(H,23,28)(H,22,24,27). The van der Waals surface area contributed by atoms with Crippen LogP contribution in [0.3, 0.4) is 0 Å². The largest absolute Gasteiger partial charge is 0.338 e. The number of carbonyl (C=O) groups excluding carboxylic acids is 3. The van der Waals surface area contributed by atoms with Crippen molar-refractivity contribution < 1.29 is 14.4 Å². The Morgan fingerprint density at radius 3 is 2.83 bits per heavy atom. The summed E-state index contributed by atoms with van der Waals surface area (Å²) in [6, 6.07) is 1.44. The van der Waals surface area contributed by atoms with Gasteiger partial charge in [0, 0.05) is 42.3 Å². The first-order valence-electron chi connectivity index (χ1n) is 10.0. The molecule has 9 heteroatoms. The Morgan fingerprint density at radius 1 is 1.30 bits per heavy atom. The minimum Gasteiger partial charge on any atom is -0.338 e. The molecule has 1 fully saturated rings. The number of likely N-dealkylation sites (tertiary alicyclic amines) is 1. The number of carbonyl (C=O) groups is 3. The molecule has 1 unspecified atom stereocenters. The number of nitrogens with one attached hydrogen (secondary N) is 2. The molecule has 158 valence electrons. The fourth-order valence-electron chi connectivity index (χ4n) is 4.23. The molecule has 2 N–H and O–H groups in total. The summed E-state index contributed by atoms with van der Waals surface area (Å²) in [4.78, 5) is 59.1. The number of Topliss-reactive ketones (excluding diaryl/α,β-unsaturated/α-hetero) is 1. The number of nitrogens with zero attached hydrogens (tertiary/aromatic N) is 2. The summed E-state index contributed by atoms with van der Waals surface area (Å²) in [7, 11) is 0. The highest BCUT2D eigenvalue weighted by molar-refractivity contribution is 7.13. The number of amides is 2. The van der Waals surface area contributed by atoms with Gasteiger partial charge in [-0.1, -0.05) is 13.8 Å². The summed E-state index contributed by atoms with van der Waals surface area (Å²) < 4.78 is 0. The molecular weight excluding hydrogens is 404 g/mol. The lowest BCUT2D eigenvalue weighted by Crippen LogP contribution is -2.45. The first kappa shape index (κ1) is 20.5. The van der Waals surface area contributed by atoms with Crippen molar-refractivity contribution in [1.82, 2.24) is 14.9 Å². The molecular formula is C21H24N4O4S. The van der Waals surface area contributed by atoms with Crippen LogP contribution in [-0.4, -0.2) is 45.6 Å². The highest BCUT2D eigenvalue weighted by atomic mass is 32.1. The molecule has 0 radical (unpaired) electrons. The van der Waals surface area contributed by atoms with Gasteiger partial charge in [0.05, 0.1) is 5.92 Å². The van der Waals surface area contributed by atoms with Gasteiger partial charge in [-0.2, -0.15) is 0 Å². The topological polar surface area (TPSA) is 112 Å². The van der Waals surface area contributed by atoms with E-state index in [0.717, 1.165) is 0 Å². The zero-order valence-electron chi connectivity index (χ0n) is 17.0. The van der Waals surface area contributed by atoms with E-state index in [1.807, 2.05) is 13.8 Å². The summed E-state index contributed by atoms with van der Waals surface area (Å²) in [5, 5.41) is 5.07. The fourth-order valence-corrected chi connectivity index (χ4v) is 4.76. The number of fused-ring (bicyclic) bond motifs is 1. The van der Waals surface area contributed by atoms with Crippen LogP contribution in [0.25, 0.3) is 0 Å². The van der Waals surface area contributed by atoms with Crippen LogP contribution in [0.1, 0.15) is 59.5 Å². The molecule has 0 aromatic carbocycles. The number of anilines is 1. The van der Waals surface area contributed by atoms with Crippen LogP contribution < -0.4 is 10.9 Å². The van der Waals surface area contributed by atoms with Crippen LogP contribution in [0.5, 0.6) is 0 Å². The van der Waals surface area contributed by atoms with Crippen molar-refractivity contribution in [2.75, 3.05) is 18.4 Å². The number of rotatable bonds is 3. The van der Waals surface area contributed by atoms with Crippen molar-refractivity contribution in [3.05, 3.63) is 44.8 Å². The predicted octanol–water partition coefficient (Wildman–Crippen LogP) is 2.48. The number of aromatic nitrogens is 2. The molecule has 2 amide bonds. The van der Waals surface area contributed by atoms with E-state index in [2.05, 4.69) is 15.3 Å². The van der Waals surface area contributed by atoms with Gasteiger partial charge >= 0.3 is 0 Å². The molecule has 2 aromatic heterocycles. The average Bonchev–Trinajstić information content (AvgIpc) is 3.19. The summed E-state index contributed by atoms with van der Waals surface area (Å²) >= 11 is 1.33. The zero-order chi connectivity index (χ0) is 21.5. The van der Waals surface area contributed by atoms with Crippen LogP contribution >= 0.6 is 11.3 Å². The Labute approximate surface area is 177 Å². The van der Waals surface area contributed by atoms with Crippen molar-refractivity contribution >= 4 is 34.1 Å². The van der Waals surface area contributed by atoms with Crippen molar-refractivity contribution in [2.24, 2.45) is 11.3 Å². The van der Waals surface area contributed by atoms with E-state index in [0.29, 0.717) is 48.6 Å². The molecule has 2 aromatic rings. The van der Waals surface area contributed by atoms with Gasteiger partial charge in [-0.25, -0.2) is 4.98 Å². The molecule has 3 heterocycles. The fraction of sp³-hybridized carbons (Fsp3) is 0.476. The molecule has 1 aliphatic heterocycles. The van der Waals surface area contributed by atoms with Gasteiger partial charge in [0.1, 0.15) is 5.56 Å². The third-order valence-electron chi connectivity index (χ3n) is 5.69. The first-order valence-corrected chi connectivity index (χ1v) is 10.9. The molecule has 0 bridgehead atoms. The maximum atomic E-state index is 13.1. The van der Waals surface area contributed by atoms with Gasteiger partial charge in [0.15, 0.2) is 10.9 Å². The molecule has 1 saturated heterocycles. The van der Waals surface area contributed by atoms with Crippen molar-refractivity contribution in [3.8, 4) is 0 Å². The van der Waals surface area contributed by atoms with Gasteiger partial charge in [0.2, 0.25) is 5.91 Å². The van der Waals surface area contributed by atoms with Gasteiger partial charge in [0.25, 0.3) is 11.5 Å². The highest BCUT2D eigenvalue weighted by Crippen LogP contribution is 2.33. The molecule has 4 rings (SSSR count). The number of hydrogen-bond donors (Lipinski definition) is 2. The third kappa shape index (κ3) is 4.07.